The van der Waals surface area contributed by atoms with E-state index < -0.39 is 22.3 Å². The summed E-state index contributed by atoms with van der Waals surface area (Å²) in [5.41, 5.74) is -0.824. The fourth-order valence-electron chi connectivity index (χ4n) is 2.14. The minimum absolute atomic E-state index is 0.0552. The van der Waals surface area contributed by atoms with Crippen molar-refractivity contribution < 1.29 is 19.6 Å². The van der Waals surface area contributed by atoms with Crippen LogP contribution < -0.4 is 5.32 Å². The molecule has 8 nitrogen and oxygen atoms in total. The van der Waals surface area contributed by atoms with Crippen LogP contribution in [0.5, 0.6) is 0 Å². The number of hydrogen-bond acceptors (Lipinski definition) is 6. The van der Waals surface area contributed by atoms with E-state index in [1.165, 1.54) is 12.3 Å². The highest BCUT2D eigenvalue weighted by atomic mass is 16.6. The maximum atomic E-state index is 11.3. The number of carboxylic acid groups (broad SMARTS) is 1. The number of ether oxygens (including phenoxy) is 1. The first-order valence-electron chi connectivity index (χ1n) is 6.04. The predicted molar refractivity (Wildman–Crippen MR) is 69.6 cm³/mol. The van der Waals surface area contributed by atoms with E-state index in [1.807, 2.05) is 0 Å². The van der Waals surface area contributed by atoms with Crippen molar-refractivity contribution in [2.45, 2.75) is 19.9 Å². The van der Waals surface area contributed by atoms with Crippen molar-refractivity contribution >= 4 is 17.5 Å². The van der Waals surface area contributed by atoms with Gasteiger partial charge in [-0.25, -0.2) is 4.98 Å². The van der Waals surface area contributed by atoms with Gasteiger partial charge in [-0.15, -0.1) is 0 Å². The lowest BCUT2D eigenvalue weighted by molar-refractivity contribution is -0.384. The molecule has 2 unspecified atom stereocenters. The van der Waals surface area contributed by atoms with Crippen molar-refractivity contribution in [1.82, 2.24) is 4.98 Å². The van der Waals surface area contributed by atoms with Crippen LogP contribution in [0.4, 0.5) is 11.5 Å². The molecule has 0 aliphatic carbocycles. The zero-order valence-electron chi connectivity index (χ0n) is 11.1. The molecule has 1 saturated heterocycles. The number of carbonyl (C=O) groups is 1. The Morgan fingerprint density at radius 3 is 3.00 bits per heavy atom. The molecule has 1 aromatic heterocycles. The first-order valence-corrected chi connectivity index (χ1v) is 6.04. The van der Waals surface area contributed by atoms with Gasteiger partial charge in [-0.1, -0.05) is 0 Å². The highest BCUT2D eigenvalue weighted by molar-refractivity contribution is 5.77. The number of pyridine rings is 1. The Labute approximate surface area is 114 Å². The van der Waals surface area contributed by atoms with Gasteiger partial charge in [0.05, 0.1) is 24.2 Å². The number of anilines is 1. The molecule has 1 aliphatic rings. The molecule has 2 N–H and O–H groups in total. The smallest absolute Gasteiger partial charge is 0.314 e. The number of aryl methyl sites for hydroxylation is 1. The maximum absolute atomic E-state index is 11.3. The van der Waals surface area contributed by atoms with Crippen LogP contribution >= 0.6 is 0 Å². The molecule has 1 fully saturated rings. The number of rotatable bonds is 4. The van der Waals surface area contributed by atoms with E-state index in [9.17, 15) is 20.0 Å². The van der Waals surface area contributed by atoms with E-state index in [2.05, 4.69) is 10.3 Å². The highest BCUT2D eigenvalue weighted by Gasteiger charge is 2.47. The maximum Gasteiger partial charge on any atom is 0.314 e. The van der Waals surface area contributed by atoms with E-state index >= 15 is 0 Å². The van der Waals surface area contributed by atoms with Crippen LogP contribution in [-0.4, -0.2) is 40.2 Å². The average Bonchev–Trinajstić information content (AvgIpc) is 2.72. The fraction of sp³-hybridized carbons (Fsp3) is 0.500. The van der Waals surface area contributed by atoms with Gasteiger partial charge >= 0.3 is 11.7 Å². The third-order valence-electron chi connectivity index (χ3n) is 3.56. The van der Waals surface area contributed by atoms with E-state index in [1.54, 1.807) is 13.8 Å². The van der Waals surface area contributed by atoms with Crippen LogP contribution in [0.1, 0.15) is 12.5 Å². The standard InChI is InChI=1S/C12H15N3O5/c1-7-3-4-13-10(9(7)15(18)19)14-8-5-20-6-12(8,2)11(16)17/h3-4,8H,5-6H2,1-2H3,(H,13,14)(H,16,17). The third kappa shape index (κ3) is 2.29. The van der Waals surface area contributed by atoms with Gasteiger partial charge in [0.25, 0.3) is 0 Å². The number of nitro groups is 1. The third-order valence-corrected chi connectivity index (χ3v) is 3.56. The Hall–Kier alpha value is -2.22. The predicted octanol–water partition coefficient (Wildman–Crippen LogP) is 1.20. The van der Waals surface area contributed by atoms with Crippen molar-refractivity contribution in [2.24, 2.45) is 5.41 Å². The van der Waals surface area contributed by atoms with Crippen molar-refractivity contribution in [2.75, 3.05) is 18.5 Å². The molecular formula is C12H15N3O5. The molecule has 0 bridgehead atoms. The molecule has 2 atom stereocenters. The van der Waals surface area contributed by atoms with E-state index in [0.717, 1.165) is 0 Å². The SMILES string of the molecule is Cc1ccnc(NC2COCC2(C)C(=O)O)c1[N+](=O)[O-]. The lowest BCUT2D eigenvalue weighted by atomic mass is 9.85. The van der Waals surface area contributed by atoms with Gasteiger partial charge in [0.1, 0.15) is 5.41 Å². The monoisotopic (exact) mass is 281 g/mol. The molecule has 0 spiro atoms. The highest BCUT2D eigenvalue weighted by Crippen LogP contribution is 2.34. The van der Waals surface area contributed by atoms with Crippen LogP contribution in [-0.2, 0) is 9.53 Å². The molecule has 2 rings (SSSR count). The second-order valence-corrected chi connectivity index (χ2v) is 5.02. The van der Waals surface area contributed by atoms with Crippen LogP contribution in [0.2, 0.25) is 0 Å². The summed E-state index contributed by atoms with van der Waals surface area (Å²) in [4.78, 5) is 25.8. The van der Waals surface area contributed by atoms with Gasteiger partial charge in [0, 0.05) is 11.8 Å². The van der Waals surface area contributed by atoms with Crippen molar-refractivity contribution in [1.29, 1.82) is 0 Å². The van der Waals surface area contributed by atoms with Gasteiger partial charge in [0.15, 0.2) is 0 Å². The lowest BCUT2D eigenvalue weighted by Gasteiger charge is -2.25. The van der Waals surface area contributed by atoms with Gasteiger partial charge in [-0.05, 0) is 19.9 Å². The van der Waals surface area contributed by atoms with Crippen LogP contribution in [0.15, 0.2) is 12.3 Å². The molecule has 0 radical (unpaired) electrons. The summed E-state index contributed by atoms with van der Waals surface area (Å²) in [6.45, 7) is 3.36. The topological polar surface area (TPSA) is 115 Å². The molecule has 0 saturated carbocycles. The summed E-state index contributed by atoms with van der Waals surface area (Å²) in [6, 6.07) is 0.957. The van der Waals surface area contributed by atoms with Crippen molar-refractivity contribution in [3.8, 4) is 0 Å². The summed E-state index contributed by atoms with van der Waals surface area (Å²) in [7, 11) is 0. The second kappa shape index (κ2) is 5.04. The summed E-state index contributed by atoms with van der Waals surface area (Å²) < 4.78 is 5.20. The number of nitrogens with one attached hydrogen (secondary N) is 1. The molecule has 2 heterocycles. The van der Waals surface area contributed by atoms with Crippen molar-refractivity contribution in [3.05, 3.63) is 27.9 Å². The molecule has 8 heteroatoms. The van der Waals surface area contributed by atoms with Gasteiger partial charge in [-0.2, -0.15) is 0 Å². The lowest BCUT2D eigenvalue weighted by Crippen LogP contribution is -2.43. The number of aromatic nitrogens is 1. The number of nitrogens with zero attached hydrogens (tertiary/aromatic N) is 2. The summed E-state index contributed by atoms with van der Waals surface area (Å²) in [5, 5.41) is 23.2. The van der Waals surface area contributed by atoms with Crippen LogP contribution in [0.25, 0.3) is 0 Å². The Morgan fingerprint density at radius 2 is 2.40 bits per heavy atom. The minimum Gasteiger partial charge on any atom is -0.481 e. The fourth-order valence-corrected chi connectivity index (χ4v) is 2.14. The number of carboxylic acids is 1. The van der Waals surface area contributed by atoms with Gasteiger partial charge in [-0.3, -0.25) is 14.9 Å². The Balaban J connectivity index is 2.33. The second-order valence-electron chi connectivity index (χ2n) is 5.02. The van der Waals surface area contributed by atoms with Gasteiger partial charge < -0.3 is 15.2 Å². The van der Waals surface area contributed by atoms with Gasteiger partial charge in [0.2, 0.25) is 5.82 Å². The van der Waals surface area contributed by atoms with Crippen LogP contribution in [0, 0.1) is 22.5 Å². The molecule has 0 aromatic carbocycles. The number of aliphatic carboxylic acids is 1. The Kier molecular flexibility index (Phi) is 3.58. The molecule has 0 amide bonds. The zero-order chi connectivity index (χ0) is 14.9. The first-order chi connectivity index (χ1) is 9.36. The van der Waals surface area contributed by atoms with Crippen molar-refractivity contribution in [3.63, 3.8) is 0 Å². The largest absolute Gasteiger partial charge is 0.481 e. The Morgan fingerprint density at radius 1 is 1.70 bits per heavy atom. The van der Waals surface area contributed by atoms with E-state index in [-0.39, 0.29) is 24.7 Å². The zero-order valence-corrected chi connectivity index (χ0v) is 11.1. The minimum atomic E-state index is -1.14. The Bertz CT molecular complexity index is 562. The first kappa shape index (κ1) is 14.2. The molecule has 20 heavy (non-hydrogen) atoms. The molecule has 1 aromatic rings. The normalized spacial score (nSPS) is 25.4. The quantitative estimate of drug-likeness (QED) is 0.629. The number of hydrogen-bond donors (Lipinski definition) is 2. The molecule has 1 aliphatic heterocycles. The average molecular weight is 281 g/mol. The van der Waals surface area contributed by atoms with Crippen LogP contribution in [0.3, 0.4) is 0 Å². The summed E-state index contributed by atoms with van der Waals surface area (Å²) in [6.07, 6.45) is 1.44. The molecule has 108 valence electrons. The summed E-state index contributed by atoms with van der Waals surface area (Å²) >= 11 is 0. The van der Waals surface area contributed by atoms with E-state index in [0.29, 0.717) is 5.56 Å². The molecular weight excluding hydrogens is 266 g/mol. The summed E-state index contributed by atoms with van der Waals surface area (Å²) in [5.74, 6) is -0.944. The van der Waals surface area contributed by atoms with E-state index in [4.69, 9.17) is 4.74 Å².